The van der Waals surface area contributed by atoms with E-state index in [0.29, 0.717) is 18.1 Å². The minimum atomic E-state index is -0.0373. The van der Waals surface area contributed by atoms with Crippen LogP contribution in [0.15, 0.2) is 48.5 Å². The molecule has 0 radical (unpaired) electrons. The molecule has 0 unspecified atom stereocenters. The van der Waals surface area contributed by atoms with Crippen LogP contribution in [0.25, 0.3) is 0 Å². The van der Waals surface area contributed by atoms with Crippen LogP contribution in [0.5, 0.6) is 0 Å². The molecule has 0 saturated heterocycles. The fraction of sp³-hybridized carbons (Fsp3) is 0.278. The van der Waals surface area contributed by atoms with Crippen LogP contribution in [0.2, 0.25) is 5.02 Å². The van der Waals surface area contributed by atoms with Gasteiger partial charge in [0.2, 0.25) is 5.91 Å². The highest BCUT2D eigenvalue weighted by Crippen LogP contribution is 2.14. The van der Waals surface area contributed by atoms with Gasteiger partial charge in [-0.05, 0) is 54.9 Å². The molecule has 0 fully saturated rings. The van der Waals surface area contributed by atoms with Gasteiger partial charge < -0.3 is 11.1 Å². The first kappa shape index (κ1) is 17.3. The van der Waals surface area contributed by atoms with Gasteiger partial charge in [-0.2, -0.15) is 0 Å². The zero-order chi connectivity index (χ0) is 16.7. The summed E-state index contributed by atoms with van der Waals surface area (Å²) in [5.41, 5.74) is 8.41. The summed E-state index contributed by atoms with van der Waals surface area (Å²) in [6, 6.07) is 14.9. The Balaban J connectivity index is 1.95. The van der Waals surface area contributed by atoms with E-state index in [1.165, 1.54) is 0 Å². The predicted molar refractivity (Wildman–Crippen MR) is 96.5 cm³/mol. The summed E-state index contributed by atoms with van der Waals surface area (Å²) in [5, 5.41) is 3.54. The van der Waals surface area contributed by atoms with Crippen LogP contribution in [-0.4, -0.2) is 23.9 Å². The van der Waals surface area contributed by atoms with Gasteiger partial charge >= 0.3 is 0 Å². The lowest BCUT2D eigenvalue weighted by atomic mass is 10.2. The molecule has 0 bridgehead atoms. The molecule has 2 aromatic rings. The van der Waals surface area contributed by atoms with E-state index in [2.05, 4.69) is 17.1 Å². The fourth-order valence-electron chi connectivity index (χ4n) is 2.42. The summed E-state index contributed by atoms with van der Waals surface area (Å²) in [6.07, 6.45) is 0.983. The van der Waals surface area contributed by atoms with Gasteiger partial charge in [-0.3, -0.25) is 9.69 Å². The number of nitrogens with one attached hydrogen (secondary N) is 1. The van der Waals surface area contributed by atoms with Gasteiger partial charge in [0.15, 0.2) is 0 Å². The Kier molecular flexibility index (Phi) is 6.44. The first-order chi connectivity index (χ1) is 11.1. The molecule has 0 aromatic heterocycles. The van der Waals surface area contributed by atoms with Crippen LogP contribution in [0.3, 0.4) is 0 Å². The molecule has 2 aromatic carbocycles. The van der Waals surface area contributed by atoms with Crippen LogP contribution < -0.4 is 11.1 Å². The Hall–Kier alpha value is -2.04. The largest absolute Gasteiger partial charge is 0.399 e. The van der Waals surface area contributed by atoms with Crippen molar-refractivity contribution in [3.8, 4) is 0 Å². The Morgan fingerprint density at radius 2 is 1.96 bits per heavy atom. The molecule has 122 valence electrons. The SMILES string of the molecule is CCCN(CC(=O)Nc1ccc(Cl)cc1)Cc1cccc(N)c1. The van der Waals surface area contributed by atoms with Crippen molar-refractivity contribution in [2.75, 3.05) is 24.1 Å². The van der Waals surface area contributed by atoms with E-state index in [-0.39, 0.29) is 5.91 Å². The van der Waals surface area contributed by atoms with Crippen LogP contribution in [0.1, 0.15) is 18.9 Å². The maximum atomic E-state index is 12.2. The first-order valence-corrected chi connectivity index (χ1v) is 8.07. The number of amides is 1. The molecule has 23 heavy (non-hydrogen) atoms. The van der Waals surface area contributed by atoms with Gasteiger partial charge in [0.25, 0.3) is 0 Å². The molecular weight excluding hydrogens is 310 g/mol. The van der Waals surface area contributed by atoms with E-state index in [9.17, 15) is 4.79 Å². The summed E-state index contributed by atoms with van der Waals surface area (Å²) in [6.45, 7) is 3.99. The second-order valence-corrected chi connectivity index (χ2v) is 5.95. The number of carbonyl (C=O) groups is 1. The number of hydrogen-bond donors (Lipinski definition) is 2. The molecule has 0 aliphatic heterocycles. The zero-order valence-electron chi connectivity index (χ0n) is 13.3. The Morgan fingerprint density at radius 3 is 2.61 bits per heavy atom. The molecule has 0 atom stereocenters. The Labute approximate surface area is 142 Å². The monoisotopic (exact) mass is 331 g/mol. The van der Waals surface area contributed by atoms with E-state index in [4.69, 9.17) is 17.3 Å². The van der Waals surface area contributed by atoms with Gasteiger partial charge in [0.05, 0.1) is 6.54 Å². The third-order valence-corrected chi connectivity index (χ3v) is 3.64. The summed E-state index contributed by atoms with van der Waals surface area (Å²) >= 11 is 5.85. The minimum Gasteiger partial charge on any atom is -0.399 e. The molecule has 0 spiro atoms. The van der Waals surface area contributed by atoms with E-state index in [0.717, 1.165) is 29.9 Å². The van der Waals surface area contributed by atoms with Crippen molar-refractivity contribution in [2.24, 2.45) is 0 Å². The van der Waals surface area contributed by atoms with Crippen LogP contribution in [-0.2, 0) is 11.3 Å². The van der Waals surface area contributed by atoms with Crippen molar-refractivity contribution in [2.45, 2.75) is 19.9 Å². The quantitative estimate of drug-likeness (QED) is 0.759. The minimum absolute atomic E-state index is 0.0373. The molecule has 0 heterocycles. The van der Waals surface area contributed by atoms with Crippen molar-refractivity contribution in [3.63, 3.8) is 0 Å². The normalized spacial score (nSPS) is 10.7. The molecule has 1 amide bonds. The van der Waals surface area contributed by atoms with Gasteiger partial charge in [-0.1, -0.05) is 30.7 Å². The van der Waals surface area contributed by atoms with Crippen molar-refractivity contribution in [1.29, 1.82) is 0 Å². The third-order valence-electron chi connectivity index (χ3n) is 3.39. The first-order valence-electron chi connectivity index (χ1n) is 7.69. The van der Waals surface area contributed by atoms with Crippen molar-refractivity contribution in [1.82, 2.24) is 4.90 Å². The van der Waals surface area contributed by atoms with Gasteiger partial charge in [0.1, 0.15) is 0 Å². The standard InChI is InChI=1S/C18H22ClN3O/c1-2-10-22(12-14-4-3-5-16(20)11-14)13-18(23)21-17-8-6-15(19)7-9-17/h3-9,11H,2,10,12-13,20H2,1H3,(H,21,23). The highest BCUT2D eigenvalue weighted by molar-refractivity contribution is 6.30. The summed E-state index contributed by atoms with van der Waals surface area (Å²) in [4.78, 5) is 14.3. The van der Waals surface area contributed by atoms with Crippen molar-refractivity contribution < 1.29 is 4.79 Å². The topological polar surface area (TPSA) is 58.4 Å². The molecule has 4 nitrogen and oxygen atoms in total. The van der Waals surface area contributed by atoms with Crippen molar-refractivity contribution in [3.05, 3.63) is 59.1 Å². The molecule has 5 heteroatoms. The van der Waals surface area contributed by atoms with Crippen LogP contribution >= 0.6 is 11.6 Å². The number of nitrogens with zero attached hydrogens (tertiary/aromatic N) is 1. The summed E-state index contributed by atoms with van der Waals surface area (Å²) in [7, 11) is 0. The van der Waals surface area contributed by atoms with E-state index in [1.54, 1.807) is 24.3 Å². The Bertz CT molecular complexity index is 643. The lowest BCUT2D eigenvalue weighted by Gasteiger charge is -2.21. The number of carbonyl (C=O) groups excluding carboxylic acids is 1. The Morgan fingerprint density at radius 1 is 1.22 bits per heavy atom. The average Bonchev–Trinajstić information content (AvgIpc) is 2.50. The van der Waals surface area contributed by atoms with Crippen LogP contribution in [0.4, 0.5) is 11.4 Å². The second kappa shape index (κ2) is 8.56. The van der Waals surface area contributed by atoms with Gasteiger partial charge in [-0.25, -0.2) is 0 Å². The highest BCUT2D eigenvalue weighted by Gasteiger charge is 2.11. The van der Waals surface area contributed by atoms with Gasteiger partial charge in [0, 0.05) is 22.9 Å². The zero-order valence-corrected chi connectivity index (χ0v) is 14.0. The number of hydrogen-bond acceptors (Lipinski definition) is 3. The third kappa shape index (κ3) is 5.93. The summed E-state index contributed by atoms with van der Waals surface area (Å²) < 4.78 is 0. The van der Waals surface area contributed by atoms with E-state index < -0.39 is 0 Å². The number of rotatable bonds is 7. The predicted octanol–water partition coefficient (Wildman–Crippen LogP) is 3.77. The number of anilines is 2. The lowest BCUT2D eigenvalue weighted by Crippen LogP contribution is -2.33. The average molecular weight is 332 g/mol. The summed E-state index contributed by atoms with van der Waals surface area (Å²) in [5.74, 6) is -0.0373. The van der Waals surface area contributed by atoms with Gasteiger partial charge in [-0.15, -0.1) is 0 Å². The molecule has 0 aliphatic rings. The fourth-order valence-corrected chi connectivity index (χ4v) is 2.54. The molecule has 2 rings (SSSR count). The molecular formula is C18H22ClN3O. The lowest BCUT2D eigenvalue weighted by molar-refractivity contribution is -0.117. The van der Waals surface area contributed by atoms with Crippen LogP contribution in [0, 0.1) is 0 Å². The number of nitrogen functional groups attached to an aromatic ring is 1. The van der Waals surface area contributed by atoms with E-state index >= 15 is 0 Å². The molecule has 0 saturated carbocycles. The number of nitrogens with two attached hydrogens (primary N) is 1. The maximum Gasteiger partial charge on any atom is 0.238 e. The van der Waals surface area contributed by atoms with Crippen molar-refractivity contribution >= 4 is 28.9 Å². The highest BCUT2D eigenvalue weighted by atomic mass is 35.5. The second-order valence-electron chi connectivity index (χ2n) is 5.51. The number of halogens is 1. The maximum absolute atomic E-state index is 12.2. The molecule has 0 aliphatic carbocycles. The number of benzene rings is 2. The van der Waals surface area contributed by atoms with E-state index in [1.807, 2.05) is 24.3 Å². The smallest absolute Gasteiger partial charge is 0.238 e. The molecule has 3 N–H and O–H groups in total.